The van der Waals surface area contributed by atoms with Crippen molar-refractivity contribution < 1.29 is 4.79 Å². The lowest BCUT2D eigenvalue weighted by atomic mass is 9.90. The van der Waals surface area contributed by atoms with Crippen LogP contribution in [0.3, 0.4) is 0 Å². The van der Waals surface area contributed by atoms with Gasteiger partial charge < -0.3 is 5.32 Å². The Labute approximate surface area is 132 Å². The molecule has 3 nitrogen and oxygen atoms in total. The third-order valence-corrected chi connectivity index (χ3v) is 4.48. The van der Waals surface area contributed by atoms with E-state index in [-0.39, 0.29) is 17.4 Å². The number of aromatic nitrogens is 1. The molecule has 21 heavy (non-hydrogen) atoms. The van der Waals surface area contributed by atoms with Gasteiger partial charge in [-0.3, -0.25) is 4.79 Å². The minimum atomic E-state index is -0.128. The lowest BCUT2D eigenvalue weighted by Crippen LogP contribution is -2.37. The molecule has 1 atom stereocenters. The standard InChI is InChI=1S/C17H25ClN2O/c1-11(12-7-5-6-8-12)19-16(21)13-9-14(17(2,3)4)20-15(18)10-13/h9-12H,5-8H2,1-4H3,(H,19,21). The van der Waals surface area contributed by atoms with Gasteiger partial charge in [0.05, 0.1) is 0 Å². The van der Waals surface area contributed by atoms with E-state index in [1.165, 1.54) is 25.7 Å². The van der Waals surface area contributed by atoms with Gasteiger partial charge in [-0.15, -0.1) is 0 Å². The average Bonchev–Trinajstić information content (AvgIpc) is 2.90. The molecule has 1 saturated carbocycles. The molecule has 116 valence electrons. The molecule has 1 aromatic rings. The molecule has 4 heteroatoms. The van der Waals surface area contributed by atoms with Crippen molar-refractivity contribution >= 4 is 17.5 Å². The summed E-state index contributed by atoms with van der Waals surface area (Å²) in [5, 5.41) is 3.49. The van der Waals surface area contributed by atoms with E-state index in [2.05, 4.69) is 38.0 Å². The summed E-state index contributed by atoms with van der Waals surface area (Å²) in [6.45, 7) is 8.29. The molecular formula is C17H25ClN2O. The molecule has 1 aliphatic carbocycles. The number of amides is 1. The summed E-state index contributed by atoms with van der Waals surface area (Å²) < 4.78 is 0. The third kappa shape index (κ3) is 4.19. The summed E-state index contributed by atoms with van der Waals surface area (Å²) in [5.74, 6) is 0.553. The van der Waals surface area contributed by atoms with Gasteiger partial charge >= 0.3 is 0 Å². The SMILES string of the molecule is CC(NC(=O)c1cc(Cl)nc(C(C)(C)C)c1)C1CCCC1. The summed E-state index contributed by atoms with van der Waals surface area (Å²) >= 11 is 6.07. The van der Waals surface area contributed by atoms with Gasteiger partial charge in [-0.05, 0) is 37.8 Å². The normalized spacial score (nSPS) is 17.8. The van der Waals surface area contributed by atoms with Crippen LogP contribution in [0.15, 0.2) is 12.1 Å². The molecule has 1 N–H and O–H groups in total. The smallest absolute Gasteiger partial charge is 0.251 e. The Balaban J connectivity index is 2.13. The van der Waals surface area contributed by atoms with Crippen LogP contribution in [0, 0.1) is 5.92 Å². The highest BCUT2D eigenvalue weighted by Crippen LogP contribution is 2.28. The second-order valence-electron chi connectivity index (χ2n) is 7.12. The molecule has 0 aliphatic heterocycles. The van der Waals surface area contributed by atoms with E-state index in [1.807, 2.05) is 6.07 Å². The van der Waals surface area contributed by atoms with Gasteiger partial charge in [-0.25, -0.2) is 4.98 Å². The zero-order valence-electron chi connectivity index (χ0n) is 13.4. The van der Waals surface area contributed by atoms with Crippen molar-refractivity contribution in [1.29, 1.82) is 0 Å². The van der Waals surface area contributed by atoms with Gasteiger partial charge in [0.25, 0.3) is 5.91 Å². The lowest BCUT2D eigenvalue weighted by Gasteiger charge is -2.22. The van der Waals surface area contributed by atoms with Crippen molar-refractivity contribution in [3.63, 3.8) is 0 Å². The predicted molar refractivity (Wildman–Crippen MR) is 86.8 cm³/mol. The molecule has 0 aromatic carbocycles. The van der Waals surface area contributed by atoms with Crippen LogP contribution in [0.5, 0.6) is 0 Å². The fraction of sp³-hybridized carbons (Fsp3) is 0.647. The zero-order valence-corrected chi connectivity index (χ0v) is 14.1. The molecule has 0 saturated heterocycles. The Kier molecular flexibility index (Phi) is 4.92. The predicted octanol–water partition coefficient (Wildman–Crippen LogP) is 4.34. The Morgan fingerprint density at radius 3 is 2.52 bits per heavy atom. The Morgan fingerprint density at radius 1 is 1.33 bits per heavy atom. The van der Waals surface area contributed by atoms with Gasteiger partial charge in [0.15, 0.2) is 0 Å². The number of hydrogen-bond acceptors (Lipinski definition) is 2. The van der Waals surface area contributed by atoms with Crippen LogP contribution in [-0.2, 0) is 5.41 Å². The third-order valence-electron chi connectivity index (χ3n) is 4.29. The fourth-order valence-corrected chi connectivity index (χ4v) is 3.09. The first kappa shape index (κ1) is 16.3. The lowest BCUT2D eigenvalue weighted by molar-refractivity contribution is 0.0927. The largest absolute Gasteiger partial charge is 0.349 e. The summed E-state index contributed by atoms with van der Waals surface area (Å²) in [7, 11) is 0. The quantitative estimate of drug-likeness (QED) is 0.844. The minimum absolute atomic E-state index is 0.0517. The van der Waals surface area contributed by atoms with Crippen molar-refractivity contribution in [2.24, 2.45) is 5.92 Å². The monoisotopic (exact) mass is 308 g/mol. The van der Waals surface area contributed by atoms with Crippen molar-refractivity contribution in [2.45, 2.75) is 64.8 Å². The molecule has 1 aliphatic rings. The van der Waals surface area contributed by atoms with Crippen molar-refractivity contribution in [2.75, 3.05) is 0 Å². The van der Waals surface area contributed by atoms with E-state index < -0.39 is 0 Å². The Morgan fingerprint density at radius 2 is 1.95 bits per heavy atom. The van der Waals surface area contributed by atoms with E-state index in [0.717, 1.165) is 5.69 Å². The Bertz CT molecular complexity index is 516. The van der Waals surface area contributed by atoms with Crippen LogP contribution in [0.2, 0.25) is 5.15 Å². The van der Waals surface area contributed by atoms with E-state index in [0.29, 0.717) is 16.6 Å². The second kappa shape index (κ2) is 6.35. The maximum Gasteiger partial charge on any atom is 0.251 e. The van der Waals surface area contributed by atoms with Crippen LogP contribution in [0.4, 0.5) is 0 Å². The van der Waals surface area contributed by atoms with Crippen molar-refractivity contribution in [3.05, 3.63) is 28.5 Å². The van der Waals surface area contributed by atoms with Gasteiger partial charge in [0, 0.05) is 22.7 Å². The van der Waals surface area contributed by atoms with E-state index in [9.17, 15) is 4.79 Å². The maximum absolute atomic E-state index is 12.4. The van der Waals surface area contributed by atoms with Gasteiger partial charge in [-0.1, -0.05) is 45.2 Å². The number of hydrogen-bond donors (Lipinski definition) is 1. The topological polar surface area (TPSA) is 42.0 Å². The average molecular weight is 309 g/mol. The summed E-state index contributed by atoms with van der Waals surface area (Å²) in [5.41, 5.74) is 1.32. The molecule has 1 fully saturated rings. The summed E-state index contributed by atoms with van der Waals surface area (Å²) in [4.78, 5) is 16.8. The first-order valence-corrected chi connectivity index (χ1v) is 8.14. The van der Waals surface area contributed by atoms with Crippen molar-refractivity contribution in [3.8, 4) is 0 Å². The van der Waals surface area contributed by atoms with Gasteiger partial charge in [0.2, 0.25) is 0 Å². The first-order valence-electron chi connectivity index (χ1n) is 7.76. The van der Waals surface area contributed by atoms with E-state index in [1.54, 1.807) is 6.07 Å². The number of carbonyl (C=O) groups is 1. The number of halogens is 1. The van der Waals surface area contributed by atoms with Crippen molar-refractivity contribution in [1.82, 2.24) is 10.3 Å². The fourth-order valence-electron chi connectivity index (χ4n) is 2.88. The van der Waals surface area contributed by atoms with Gasteiger partial charge in [0.1, 0.15) is 5.15 Å². The zero-order chi connectivity index (χ0) is 15.6. The molecule has 1 amide bonds. The first-order chi connectivity index (χ1) is 9.77. The molecule has 0 spiro atoms. The molecule has 2 rings (SSSR count). The van der Waals surface area contributed by atoms with Crippen LogP contribution in [-0.4, -0.2) is 16.9 Å². The molecule has 0 radical (unpaired) electrons. The number of nitrogens with one attached hydrogen (secondary N) is 1. The molecule has 1 unspecified atom stereocenters. The molecular weight excluding hydrogens is 284 g/mol. The van der Waals surface area contributed by atoms with Crippen LogP contribution in [0.1, 0.15) is 69.4 Å². The second-order valence-corrected chi connectivity index (χ2v) is 7.51. The van der Waals surface area contributed by atoms with E-state index in [4.69, 9.17) is 11.6 Å². The number of nitrogens with zero attached hydrogens (tertiary/aromatic N) is 1. The molecule has 1 heterocycles. The maximum atomic E-state index is 12.4. The summed E-state index contributed by atoms with van der Waals surface area (Å²) in [6.07, 6.45) is 4.98. The van der Waals surface area contributed by atoms with Crippen LogP contribution < -0.4 is 5.32 Å². The highest BCUT2D eigenvalue weighted by Gasteiger charge is 2.24. The summed E-state index contributed by atoms with van der Waals surface area (Å²) in [6, 6.07) is 3.71. The Hall–Kier alpha value is -1.09. The number of pyridine rings is 1. The van der Waals surface area contributed by atoms with E-state index >= 15 is 0 Å². The molecule has 1 aromatic heterocycles. The highest BCUT2D eigenvalue weighted by molar-refractivity contribution is 6.29. The number of carbonyl (C=O) groups excluding carboxylic acids is 1. The van der Waals surface area contributed by atoms with Gasteiger partial charge in [-0.2, -0.15) is 0 Å². The highest BCUT2D eigenvalue weighted by atomic mass is 35.5. The minimum Gasteiger partial charge on any atom is -0.349 e. The molecule has 0 bridgehead atoms. The van der Waals surface area contributed by atoms with Crippen LogP contribution in [0.25, 0.3) is 0 Å². The number of rotatable bonds is 3. The van der Waals surface area contributed by atoms with Crippen LogP contribution >= 0.6 is 11.6 Å².